The molecule has 1 atom stereocenters. The summed E-state index contributed by atoms with van der Waals surface area (Å²) in [6.07, 6.45) is 3.28. The van der Waals surface area contributed by atoms with Crippen LogP contribution in [0.4, 0.5) is 5.00 Å². The molecule has 0 saturated heterocycles. The minimum Gasteiger partial charge on any atom is -0.353 e. The number of hydrogen-bond acceptors (Lipinski definition) is 4. The molecular formula is C13H13N3OS. The van der Waals surface area contributed by atoms with Gasteiger partial charge in [-0.25, -0.2) is 0 Å². The van der Waals surface area contributed by atoms with Crippen molar-refractivity contribution in [1.29, 1.82) is 0 Å². The molecule has 1 aliphatic rings. The lowest BCUT2D eigenvalue weighted by molar-refractivity contribution is 0.0936. The zero-order valence-electron chi connectivity index (χ0n) is 10.2. The van der Waals surface area contributed by atoms with Crippen LogP contribution in [0.1, 0.15) is 32.5 Å². The van der Waals surface area contributed by atoms with Gasteiger partial charge < -0.3 is 10.6 Å². The van der Waals surface area contributed by atoms with Crippen LogP contribution in [-0.2, 0) is 0 Å². The first-order valence-corrected chi connectivity index (χ1v) is 6.56. The maximum Gasteiger partial charge on any atom is 0.256 e. The van der Waals surface area contributed by atoms with Crippen LogP contribution in [0.3, 0.4) is 0 Å². The minimum absolute atomic E-state index is 0.00703. The number of fused-ring (bicyclic) bond motifs is 1. The van der Waals surface area contributed by atoms with Crippen LogP contribution in [-0.4, -0.2) is 10.9 Å². The third-order valence-corrected chi connectivity index (χ3v) is 4.34. The summed E-state index contributed by atoms with van der Waals surface area (Å²) in [5, 5.41) is 7.29. The Bertz CT molecular complexity index is 606. The van der Waals surface area contributed by atoms with Crippen molar-refractivity contribution in [1.82, 2.24) is 10.3 Å². The Balaban J connectivity index is 2.00. The van der Waals surface area contributed by atoms with E-state index in [0.717, 1.165) is 21.7 Å². The fourth-order valence-electron chi connectivity index (χ4n) is 2.10. The van der Waals surface area contributed by atoms with Crippen molar-refractivity contribution in [3.63, 3.8) is 0 Å². The molecule has 1 amide bonds. The standard InChI is InChI=1S/C13H13N3OS/c1-7-8(2)18-13-10(7)12(17)15-11(16-13)9-3-5-14-6-4-9/h3-6,11,16H,1-2H3,(H,15,17)/t11-/m1/s1. The van der Waals surface area contributed by atoms with Gasteiger partial charge in [0.15, 0.2) is 0 Å². The molecule has 4 nitrogen and oxygen atoms in total. The number of aromatic nitrogens is 1. The zero-order chi connectivity index (χ0) is 12.7. The summed E-state index contributed by atoms with van der Waals surface area (Å²) in [5.41, 5.74) is 2.85. The zero-order valence-corrected chi connectivity index (χ0v) is 11.0. The van der Waals surface area contributed by atoms with Crippen molar-refractivity contribution < 1.29 is 4.79 Å². The number of aryl methyl sites for hydroxylation is 1. The van der Waals surface area contributed by atoms with Gasteiger partial charge in [-0.3, -0.25) is 9.78 Å². The highest BCUT2D eigenvalue weighted by Gasteiger charge is 2.28. The van der Waals surface area contributed by atoms with E-state index in [1.807, 2.05) is 26.0 Å². The molecule has 0 aromatic carbocycles. The Labute approximate surface area is 109 Å². The average Bonchev–Trinajstić information content (AvgIpc) is 2.66. The van der Waals surface area contributed by atoms with Gasteiger partial charge in [-0.2, -0.15) is 0 Å². The number of thiophene rings is 1. The molecule has 2 N–H and O–H groups in total. The second-order valence-electron chi connectivity index (χ2n) is 4.32. The molecule has 0 spiro atoms. The molecule has 0 saturated carbocycles. The molecule has 0 bridgehead atoms. The first-order valence-electron chi connectivity index (χ1n) is 5.74. The van der Waals surface area contributed by atoms with Crippen LogP contribution in [0, 0.1) is 13.8 Å². The first kappa shape index (κ1) is 11.2. The van der Waals surface area contributed by atoms with E-state index in [2.05, 4.69) is 15.6 Å². The summed E-state index contributed by atoms with van der Waals surface area (Å²) in [7, 11) is 0. The molecule has 3 rings (SSSR count). The van der Waals surface area contributed by atoms with E-state index in [1.165, 1.54) is 4.88 Å². The fraction of sp³-hybridized carbons (Fsp3) is 0.231. The Morgan fingerprint density at radius 2 is 1.94 bits per heavy atom. The van der Waals surface area contributed by atoms with Gasteiger partial charge in [-0.1, -0.05) is 0 Å². The van der Waals surface area contributed by atoms with Crippen LogP contribution < -0.4 is 10.6 Å². The van der Waals surface area contributed by atoms with Gasteiger partial charge in [0.05, 0.1) is 5.56 Å². The number of rotatable bonds is 1. The second-order valence-corrected chi connectivity index (χ2v) is 5.54. The maximum absolute atomic E-state index is 12.1. The highest BCUT2D eigenvalue weighted by Crippen LogP contribution is 2.37. The normalized spacial score (nSPS) is 17.9. The minimum atomic E-state index is -0.176. The molecule has 2 aromatic heterocycles. The molecule has 0 unspecified atom stereocenters. The number of carbonyl (C=O) groups is 1. The van der Waals surface area contributed by atoms with Crippen LogP contribution >= 0.6 is 11.3 Å². The average molecular weight is 259 g/mol. The quantitative estimate of drug-likeness (QED) is 0.827. The third kappa shape index (κ3) is 1.67. The summed E-state index contributed by atoms with van der Waals surface area (Å²) in [6, 6.07) is 3.80. The number of pyridine rings is 1. The molecule has 1 aliphatic heterocycles. The van der Waals surface area contributed by atoms with Gasteiger partial charge in [-0.15, -0.1) is 11.3 Å². The van der Waals surface area contributed by atoms with E-state index in [1.54, 1.807) is 23.7 Å². The van der Waals surface area contributed by atoms with Crippen LogP contribution in [0.5, 0.6) is 0 Å². The van der Waals surface area contributed by atoms with E-state index in [0.29, 0.717) is 0 Å². The number of nitrogens with one attached hydrogen (secondary N) is 2. The van der Waals surface area contributed by atoms with Gasteiger partial charge in [0.25, 0.3) is 5.91 Å². The van der Waals surface area contributed by atoms with Crippen molar-refractivity contribution >= 4 is 22.2 Å². The van der Waals surface area contributed by atoms with Gasteiger partial charge in [0.2, 0.25) is 0 Å². The SMILES string of the molecule is Cc1sc2c(c1C)C(=O)N[C@@H](c1ccncc1)N2. The number of nitrogens with zero attached hydrogens (tertiary/aromatic N) is 1. The van der Waals surface area contributed by atoms with Gasteiger partial charge in [-0.05, 0) is 37.1 Å². The molecule has 2 aromatic rings. The largest absolute Gasteiger partial charge is 0.353 e. The van der Waals surface area contributed by atoms with E-state index >= 15 is 0 Å². The monoisotopic (exact) mass is 259 g/mol. The molecule has 92 valence electrons. The van der Waals surface area contributed by atoms with E-state index in [9.17, 15) is 4.79 Å². The third-order valence-electron chi connectivity index (χ3n) is 3.20. The Morgan fingerprint density at radius 3 is 2.67 bits per heavy atom. The topological polar surface area (TPSA) is 54.0 Å². The molecule has 3 heterocycles. The van der Waals surface area contributed by atoms with Crippen molar-refractivity contribution in [2.75, 3.05) is 5.32 Å². The lowest BCUT2D eigenvalue weighted by Crippen LogP contribution is -2.38. The Hall–Kier alpha value is -1.88. The fourth-order valence-corrected chi connectivity index (χ4v) is 3.18. The van der Waals surface area contributed by atoms with Crippen molar-refractivity contribution in [3.05, 3.63) is 46.1 Å². The molecule has 0 radical (unpaired) electrons. The van der Waals surface area contributed by atoms with E-state index in [4.69, 9.17) is 0 Å². The predicted molar refractivity (Wildman–Crippen MR) is 71.9 cm³/mol. The molecule has 0 fully saturated rings. The molecular weight excluding hydrogens is 246 g/mol. The molecule has 0 aliphatic carbocycles. The number of amides is 1. The highest BCUT2D eigenvalue weighted by atomic mass is 32.1. The van der Waals surface area contributed by atoms with Gasteiger partial charge in [0, 0.05) is 17.3 Å². The summed E-state index contributed by atoms with van der Waals surface area (Å²) >= 11 is 1.63. The first-order chi connectivity index (χ1) is 8.66. The van der Waals surface area contributed by atoms with Gasteiger partial charge >= 0.3 is 0 Å². The summed E-state index contributed by atoms with van der Waals surface area (Å²) in [4.78, 5) is 17.3. The van der Waals surface area contributed by atoms with Crippen molar-refractivity contribution in [2.45, 2.75) is 20.0 Å². The van der Waals surface area contributed by atoms with E-state index < -0.39 is 0 Å². The number of anilines is 1. The smallest absolute Gasteiger partial charge is 0.256 e. The Kier molecular flexibility index (Phi) is 2.56. The highest BCUT2D eigenvalue weighted by molar-refractivity contribution is 7.16. The van der Waals surface area contributed by atoms with Crippen LogP contribution in [0.2, 0.25) is 0 Å². The van der Waals surface area contributed by atoms with Crippen LogP contribution in [0.25, 0.3) is 0 Å². The summed E-state index contributed by atoms with van der Waals surface area (Å²) in [5.74, 6) is -0.00703. The van der Waals surface area contributed by atoms with Crippen LogP contribution in [0.15, 0.2) is 24.5 Å². The Morgan fingerprint density at radius 1 is 1.22 bits per heavy atom. The van der Waals surface area contributed by atoms with E-state index in [-0.39, 0.29) is 12.1 Å². The summed E-state index contributed by atoms with van der Waals surface area (Å²) in [6.45, 7) is 4.02. The lowest BCUT2D eigenvalue weighted by Gasteiger charge is -2.26. The second kappa shape index (κ2) is 4.10. The molecule has 5 heteroatoms. The predicted octanol–water partition coefficient (Wildman–Crippen LogP) is 2.61. The number of hydrogen-bond donors (Lipinski definition) is 2. The lowest BCUT2D eigenvalue weighted by atomic mass is 10.1. The van der Waals surface area contributed by atoms with Gasteiger partial charge in [0.1, 0.15) is 11.2 Å². The summed E-state index contributed by atoms with van der Waals surface area (Å²) < 4.78 is 0. The molecule has 18 heavy (non-hydrogen) atoms. The van der Waals surface area contributed by atoms with Crippen molar-refractivity contribution in [3.8, 4) is 0 Å². The maximum atomic E-state index is 12.1. The number of carbonyl (C=O) groups excluding carboxylic acids is 1. The van der Waals surface area contributed by atoms with Crippen molar-refractivity contribution in [2.24, 2.45) is 0 Å².